The molecule has 0 bridgehead atoms. The number of benzene rings is 2. The van der Waals surface area contributed by atoms with Crippen LogP contribution in [0.15, 0.2) is 48.8 Å². The number of rotatable bonds is 6. The van der Waals surface area contributed by atoms with Gasteiger partial charge in [0, 0.05) is 43.1 Å². The Morgan fingerprint density at radius 2 is 1.79 bits per heavy atom. The number of hydrogen-bond acceptors (Lipinski definition) is 6. The first-order valence-corrected chi connectivity index (χ1v) is 11.0. The molecule has 178 valence electrons. The average Bonchev–Trinajstić information content (AvgIpc) is 3.30. The Kier molecular flexibility index (Phi) is 7.11. The number of halogens is 2. The fraction of sp³-hybridized carbons (Fsp3) is 0.261. The Morgan fingerprint density at radius 1 is 1.12 bits per heavy atom. The molecule has 1 aliphatic heterocycles. The molecule has 1 atom stereocenters. The summed E-state index contributed by atoms with van der Waals surface area (Å²) < 4.78 is 13.2. The van der Waals surface area contributed by atoms with E-state index in [0.29, 0.717) is 30.0 Å². The number of aliphatic hydroxyl groups excluding tert-OH is 1. The molecule has 2 heterocycles. The number of nitrogens with zero attached hydrogens (tertiary/aromatic N) is 3. The topological polar surface area (TPSA) is 114 Å². The van der Waals surface area contributed by atoms with Crippen LogP contribution in [-0.4, -0.2) is 69.9 Å². The van der Waals surface area contributed by atoms with Gasteiger partial charge in [-0.05, 0) is 43.4 Å². The Bertz CT molecular complexity index is 1180. The lowest BCUT2D eigenvalue weighted by Crippen LogP contribution is -2.47. The largest absolute Gasteiger partial charge is 0.369 e. The molecule has 0 spiro atoms. The summed E-state index contributed by atoms with van der Waals surface area (Å²) in [6, 6.07) is 10.3. The van der Waals surface area contributed by atoms with Gasteiger partial charge >= 0.3 is 0 Å². The van der Waals surface area contributed by atoms with Crippen molar-refractivity contribution >= 4 is 34.8 Å². The monoisotopic (exact) mass is 486 g/mol. The molecule has 9 nitrogen and oxygen atoms in total. The molecule has 0 radical (unpaired) electrons. The summed E-state index contributed by atoms with van der Waals surface area (Å²) in [5, 5.41) is 16.0. The van der Waals surface area contributed by atoms with E-state index in [1.54, 1.807) is 29.2 Å². The van der Waals surface area contributed by atoms with Crippen LogP contribution < -0.4 is 10.6 Å². The van der Waals surface area contributed by atoms with E-state index in [1.165, 1.54) is 18.5 Å². The molecule has 1 fully saturated rings. The second-order valence-electron chi connectivity index (χ2n) is 7.97. The number of H-pyrrole nitrogens is 1. The van der Waals surface area contributed by atoms with Crippen LogP contribution in [0.3, 0.4) is 0 Å². The standard InChI is InChI=1S/C23H24ClFN6O3/c1-30-8-10-31(11-9-30)23(34)20-19(26-13-27-20)22(33)29-16-5-3-15(4-6-16)28-21(32)17-7-2-14(25)12-18(17)24/h2-7,12-13,21,28,32H,8-11H2,1H3,(H,26,27)(H,29,33). The number of likely N-dealkylation sites (N-methyl/N-ethyl adjacent to an activating group) is 1. The lowest BCUT2D eigenvalue weighted by molar-refractivity contribution is 0.0655. The maximum Gasteiger partial charge on any atom is 0.276 e. The number of piperazine rings is 1. The maximum atomic E-state index is 13.2. The molecular formula is C23H24ClFN6O3. The van der Waals surface area contributed by atoms with Crippen LogP contribution in [0.5, 0.6) is 0 Å². The number of hydrogen-bond donors (Lipinski definition) is 4. The van der Waals surface area contributed by atoms with Crippen molar-refractivity contribution in [2.24, 2.45) is 0 Å². The zero-order valence-corrected chi connectivity index (χ0v) is 19.1. The number of amides is 2. The van der Waals surface area contributed by atoms with Crippen LogP contribution in [0.2, 0.25) is 5.02 Å². The Morgan fingerprint density at radius 3 is 2.47 bits per heavy atom. The first-order valence-electron chi connectivity index (χ1n) is 10.6. The van der Waals surface area contributed by atoms with E-state index in [9.17, 15) is 19.1 Å². The fourth-order valence-corrected chi connectivity index (χ4v) is 3.87. The molecule has 1 aromatic heterocycles. The number of anilines is 2. The van der Waals surface area contributed by atoms with E-state index >= 15 is 0 Å². The van der Waals surface area contributed by atoms with E-state index in [4.69, 9.17) is 11.6 Å². The summed E-state index contributed by atoms with van der Waals surface area (Å²) in [7, 11) is 2.00. The van der Waals surface area contributed by atoms with Crippen LogP contribution in [0.4, 0.5) is 15.8 Å². The second-order valence-corrected chi connectivity index (χ2v) is 8.37. The maximum absolute atomic E-state index is 13.2. The predicted molar refractivity (Wildman–Crippen MR) is 126 cm³/mol. The third kappa shape index (κ3) is 5.36. The molecule has 3 aromatic rings. The molecular weight excluding hydrogens is 463 g/mol. The van der Waals surface area contributed by atoms with E-state index < -0.39 is 18.0 Å². The van der Waals surface area contributed by atoms with Crippen molar-refractivity contribution in [3.8, 4) is 0 Å². The van der Waals surface area contributed by atoms with Crippen molar-refractivity contribution in [1.29, 1.82) is 0 Å². The first-order chi connectivity index (χ1) is 16.3. The Balaban J connectivity index is 1.39. The lowest BCUT2D eigenvalue weighted by Gasteiger charge is -2.32. The number of imidazole rings is 1. The quantitative estimate of drug-likeness (QED) is 0.398. The van der Waals surface area contributed by atoms with Crippen LogP contribution in [0.25, 0.3) is 0 Å². The van der Waals surface area contributed by atoms with E-state index in [2.05, 4.69) is 25.5 Å². The van der Waals surface area contributed by atoms with Crippen molar-refractivity contribution in [2.75, 3.05) is 43.9 Å². The average molecular weight is 487 g/mol. The third-order valence-electron chi connectivity index (χ3n) is 5.56. The van der Waals surface area contributed by atoms with Crippen LogP contribution in [-0.2, 0) is 0 Å². The third-order valence-corrected chi connectivity index (χ3v) is 5.89. The summed E-state index contributed by atoms with van der Waals surface area (Å²) >= 11 is 5.99. The van der Waals surface area contributed by atoms with Gasteiger partial charge in [0.05, 0.1) is 11.3 Å². The van der Waals surface area contributed by atoms with Gasteiger partial charge in [-0.2, -0.15) is 0 Å². The van der Waals surface area contributed by atoms with E-state index in [-0.39, 0.29) is 22.3 Å². The van der Waals surface area contributed by atoms with Gasteiger partial charge in [-0.1, -0.05) is 17.7 Å². The smallest absolute Gasteiger partial charge is 0.276 e. The number of aromatic nitrogens is 2. The normalized spacial score (nSPS) is 15.1. The van der Waals surface area contributed by atoms with E-state index in [1.807, 2.05) is 7.05 Å². The molecule has 34 heavy (non-hydrogen) atoms. The number of carbonyl (C=O) groups excluding carboxylic acids is 2. The SMILES string of the molecule is CN1CCN(C(=O)c2[nH]cnc2C(=O)Nc2ccc(NC(O)c3ccc(F)cc3Cl)cc2)CC1. The van der Waals surface area contributed by atoms with Crippen molar-refractivity contribution in [2.45, 2.75) is 6.23 Å². The Labute approximate surface area is 200 Å². The molecule has 1 saturated heterocycles. The van der Waals surface area contributed by atoms with Gasteiger partial charge in [0.15, 0.2) is 11.9 Å². The van der Waals surface area contributed by atoms with Gasteiger partial charge in [-0.15, -0.1) is 0 Å². The predicted octanol–water partition coefficient (Wildman–Crippen LogP) is 2.95. The van der Waals surface area contributed by atoms with E-state index in [0.717, 1.165) is 19.2 Å². The van der Waals surface area contributed by atoms with Gasteiger partial charge < -0.3 is 30.5 Å². The van der Waals surface area contributed by atoms with Gasteiger partial charge in [-0.25, -0.2) is 9.37 Å². The minimum absolute atomic E-state index is 0.0208. The van der Waals surface area contributed by atoms with Crippen LogP contribution in [0.1, 0.15) is 32.8 Å². The minimum Gasteiger partial charge on any atom is -0.369 e. The molecule has 4 rings (SSSR count). The highest BCUT2D eigenvalue weighted by Gasteiger charge is 2.26. The van der Waals surface area contributed by atoms with Crippen molar-refractivity contribution < 1.29 is 19.1 Å². The molecule has 2 aromatic carbocycles. The first kappa shape index (κ1) is 23.7. The fourth-order valence-electron chi connectivity index (χ4n) is 3.60. The number of aromatic amines is 1. The summed E-state index contributed by atoms with van der Waals surface area (Å²) in [6.07, 6.45) is 0.175. The van der Waals surface area contributed by atoms with Gasteiger partial charge in [0.1, 0.15) is 11.5 Å². The van der Waals surface area contributed by atoms with Crippen molar-refractivity contribution in [1.82, 2.24) is 19.8 Å². The van der Waals surface area contributed by atoms with Gasteiger partial charge in [0.25, 0.3) is 11.8 Å². The molecule has 4 N–H and O–H groups in total. The molecule has 11 heteroatoms. The zero-order valence-electron chi connectivity index (χ0n) is 18.4. The summed E-state index contributed by atoms with van der Waals surface area (Å²) in [6.45, 7) is 2.70. The molecule has 0 saturated carbocycles. The summed E-state index contributed by atoms with van der Waals surface area (Å²) in [4.78, 5) is 36.3. The van der Waals surface area contributed by atoms with Crippen LogP contribution in [0, 0.1) is 5.82 Å². The highest BCUT2D eigenvalue weighted by molar-refractivity contribution is 6.31. The summed E-state index contributed by atoms with van der Waals surface area (Å²) in [5.41, 5.74) is 1.53. The molecule has 1 unspecified atom stereocenters. The number of carbonyl (C=O) groups is 2. The number of aliphatic hydroxyl groups is 1. The molecule has 0 aliphatic carbocycles. The second kappa shape index (κ2) is 10.2. The molecule has 2 amide bonds. The Hall–Kier alpha value is -3.47. The van der Waals surface area contributed by atoms with Crippen molar-refractivity contribution in [3.63, 3.8) is 0 Å². The minimum atomic E-state index is -1.15. The van der Waals surface area contributed by atoms with Gasteiger partial charge in [0.2, 0.25) is 0 Å². The highest BCUT2D eigenvalue weighted by Crippen LogP contribution is 2.26. The highest BCUT2D eigenvalue weighted by atomic mass is 35.5. The van der Waals surface area contributed by atoms with Crippen LogP contribution >= 0.6 is 11.6 Å². The summed E-state index contributed by atoms with van der Waals surface area (Å²) in [5.74, 6) is -1.27. The van der Waals surface area contributed by atoms with Crippen molar-refractivity contribution in [3.05, 3.63) is 76.6 Å². The van der Waals surface area contributed by atoms with Gasteiger partial charge in [-0.3, -0.25) is 9.59 Å². The zero-order chi connectivity index (χ0) is 24.2. The molecule has 1 aliphatic rings. The number of nitrogens with one attached hydrogen (secondary N) is 3. The lowest BCUT2D eigenvalue weighted by atomic mass is 10.2.